The number of nitrogens with zero attached hydrogens (tertiary/aromatic N) is 1. The summed E-state index contributed by atoms with van der Waals surface area (Å²) in [5, 5.41) is 7.56. The van der Waals surface area contributed by atoms with E-state index < -0.39 is 57.5 Å². The first kappa shape index (κ1) is 22.4. The van der Waals surface area contributed by atoms with Gasteiger partial charge in [0, 0.05) is 19.6 Å². The molecule has 1 saturated heterocycles. The number of carboxylic acids is 1. The lowest BCUT2D eigenvalue weighted by Gasteiger charge is -2.48. The van der Waals surface area contributed by atoms with Crippen LogP contribution < -0.4 is 0 Å². The molecule has 2 atom stereocenters. The lowest BCUT2D eigenvalue weighted by molar-refractivity contribution is -0.164. The van der Waals surface area contributed by atoms with Crippen LogP contribution in [0.15, 0.2) is 35.5 Å². The zero-order valence-corrected chi connectivity index (χ0v) is 17.4. The summed E-state index contributed by atoms with van der Waals surface area (Å²) in [5.41, 5.74) is 0.144. The fourth-order valence-electron chi connectivity index (χ4n) is 3.31. The van der Waals surface area contributed by atoms with Crippen molar-refractivity contribution < 1.29 is 46.9 Å². The molecule has 2 aliphatic heterocycles. The molecule has 1 aromatic carbocycles. The first-order valence-electron chi connectivity index (χ1n) is 8.99. The van der Waals surface area contributed by atoms with Gasteiger partial charge in [0.1, 0.15) is 18.9 Å². The first-order valence-corrected chi connectivity index (χ1v) is 10.7. The van der Waals surface area contributed by atoms with Crippen LogP contribution in [0.1, 0.15) is 22.8 Å². The van der Waals surface area contributed by atoms with E-state index in [0.29, 0.717) is 5.56 Å². The van der Waals surface area contributed by atoms with E-state index in [0.717, 1.165) is 11.8 Å². The highest BCUT2D eigenvalue weighted by atomic mass is 32.2. The second-order valence-corrected chi connectivity index (χ2v) is 8.97. The van der Waals surface area contributed by atoms with E-state index in [4.69, 9.17) is 19.3 Å². The van der Waals surface area contributed by atoms with Crippen molar-refractivity contribution in [1.82, 2.24) is 4.90 Å². The number of sulfone groups is 1. The second kappa shape index (κ2) is 8.47. The molecule has 1 fully saturated rings. The molecule has 0 bridgehead atoms. The Morgan fingerprint density at radius 2 is 1.77 bits per heavy atom. The van der Waals surface area contributed by atoms with Crippen LogP contribution in [0.3, 0.4) is 0 Å². The molecule has 0 radical (unpaired) electrons. The number of β-lactam (4-membered cyclic amide) rings is 1. The fourth-order valence-corrected chi connectivity index (χ4v) is 5.32. The van der Waals surface area contributed by atoms with Crippen LogP contribution in [0.5, 0.6) is 0 Å². The van der Waals surface area contributed by atoms with Crippen molar-refractivity contribution in [2.45, 2.75) is 25.0 Å². The van der Waals surface area contributed by atoms with Gasteiger partial charge in [-0.25, -0.2) is 18.0 Å². The molecule has 3 rings (SSSR count). The SMILES string of the molecule is CO[C@H]1C(=O)N2C(C(=O)OCc3ccc(C(=O)O)cc3)=C(COC(C)=O)CS(=O)(=O)C12. The molecule has 0 aromatic heterocycles. The second-order valence-electron chi connectivity index (χ2n) is 6.87. The van der Waals surface area contributed by atoms with E-state index >= 15 is 0 Å². The predicted molar refractivity (Wildman–Crippen MR) is 102 cm³/mol. The minimum atomic E-state index is -3.89. The number of rotatable bonds is 7. The molecule has 2 heterocycles. The van der Waals surface area contributed by atoms with Gasteiger partial charge in [-0.1, -0.05) is 12.1 Å². The molecule has 1 amide bonds. The number of benzene rings is 1. The monoisotopic (exact) mass is 453 g/mol. The number of carbonyl (C=O) groups excluding carboxylic acids is 3. The van der Waals surface area contributed by atoms with E-state index in [1.54, 1.807) is 0 Å². The Hall–Kier alpha value is -3.25. The van der Waals surface area contributed by atoms with Crippen molar-refractivity contribution in [3.8, 4) is 0 Å². The Balaban J connectivity index is 1.87. The summed E-state index contributed by atoms with van der Waals surface area (Å²) < 4.78 is 40.2. The number of methoxy groups -OCH3 is 1. The van der Waals surface area contributed by atoms with Crippen LogP contribution in [-0.2, 0) is 45.0 Å². The summed E-state index contributed by atoms with van der Waals surface area (Å²) >= 11 is 0. The Morgan fingerprint density at radius 3 is 2.32 bits per heavy atom. The Labute approximate surface area is 177 Å². The van der Waals surface area contributed by atoms with Crippen molar-refractivity contribution in [2.24, 2.45) is 0 Å². The maximum absolute atomic E-state index is 12.8. The van der Waals surface area contributed by atoms with Crippen LogP contribution >= 0.6 is 0 Å². The molecular formula is C19H19NO10S. The van der Waals surface area contributed by atoms with Crippen molar-refractivity contribution in [2.75, 3.05) is 19.5 Å². The third kappa shape index (κ3) is 4.30. The number of ether oxygens (including phenoxy) is 3. The highest BCUT2D eigenvalue weighted by Crippen LogP contribution is 2.38. The highest BCUT2D eigenvalue weighted by Gasteiger charge is 2.60. The molecule has 12 heteroatoms. The molecule has 31 heavy (non-hydrogen) atoms. The van der Waals surface area contributed by atoms with Crippen LogP contribution in [-0.4, -0.2) is 73.2 Å². The number of carbonyl (C=O) groups is 4. The summed E-state index contributed by atoms with van der Waals surface area (Å²) in [6, 6.07) is 5.58. The number of hydrogen-bond acceptors (Lipinski definition) is 9. The molecular weight excluding hydrogens is 434 g/mol. The van der Waals surface area contributed by atoms with E-state index in [9.17, 15) is 27.6 Å². The normalized spacial score (nSPS) is 21.7. The summed E-state index contributed by atoms with van der Waals surface area (Å²) in [6.07, 6.45) is -1.24. The van der Waals surface area contributed by atoms with Gasteiger partial charge >= 0.3 is 17.9 Å². The molecule has 11 nitrogen and oxygen atoms in total. The van der Waals surface area contributed by atoms with Gasteiger partial charge in [-0.05, 0) is 17.7 Å². The molecule has 1 aromatic rings. The van der Waals surface area contributed by atoms with E-state index in [1.165, 1.54) is 31.4 Å². The highest BCUT2D eigenvalue weighted by molar-refractivity contribution is 7.92. The maximum Gasteiger partial charge on any atom is 0.355 e. The summed E-state index contributed by atoms with van der Waals surface area (Å²) in [7, 11) is -2.71. The average Bonchev–Trinajstić information content (AvgIpc) is 2.70. The predicted octanol–water partition coefficient (Wildman–Crippen LogP) is -0.143. The maximum atomic E-state index is 12.8. The zero-order chi connectivity index (χ0) is 22.9. The van der Waals surface area contributed by atoms with Gasteiger partial charge in [-0.3, -0.25) is 14.5 Å². The largest absolute Gasteiger partial charge is 0.478 e. The van der Waals surface area contributed by atoms with Gasteiger partial charge in [-0.15, -0.1) is 0 Å². The summed E-state index contributed by atoms with van der Waals surface area (Å²) in [5.74, 6) is -4.11. The Bertz CT molecular complexity index is 1070. The summed E-state index contributed by atoms with van der Waals surface area (Å²) in [6.45, 7) is 0.367. The van der Waals surface area contributed by atoms with Gasteiger partial charge in [0.05, 0.1) is 11.3 Å². The van der Waals surface area contributed by atoms with Crippen LogP contribution in [0.2, 0.25) is 0 Å². The topological polar surface area (TPSA) is 154 Å². The van der Waals surface area contributed by atoms with Crippen molar-refractivity contribution >= 4 is 33.7 Å². The zero-order valence-electron chi connectivity index (χ0n) is 16.6. The van der Waals surface area contributed by atoms with Gasteiger partial charge in [-0.2, -0.15) is 0 Å². The molecule has 0 aliphatic carbocycles. The van der Waals surface area contributed by atoms with Crippen molar-refractivity contribution in [1.29, 1.82) is 0 Å². The molecule has 0 saturated carbocycles. The lowest BCUT2D eigenvalue weighted by atomic mass is 10.1. The number of fused-ring (bicyclic) bond motifs is 1. The fraction of sp³-hybridized carbons (Fsp3) is 0.368. The number of esters is 2. The van der Waals surface area contributed by atoms with Crippen LogP contribution in [0, 0.1) is 0 Å². The third-order valence-electron chi connectivity index (χ3n) is 4.78. The van der Waals surface area contributed by atoms with Crippen LogP contribution in [0.25, 0.3) is 0 Å². The van der Waals surface area contributed by atoms with Crippen molar-refractivity contribution in [3.63, 3.8) is 0 Å². The van der Waals surface area contributed by atoms with E-state index in [2.05, 4.69) is 0 Å². The molecule has 1 unspecified atom stereocenters. The molecule has 166 valence electrons. The summed E-state index contributed by atoms with van der Waals surface area (Å²) in [4.78, 5) is 48.1. The molecule has 0 spiro atoms. The lowest BCUT2D eigenvalue weighted by Crippen LogP contribution is -2.70. The first-order chi connectivity index (χ1) is 14.6. The minimum Gasteiger partial charge on any atom is -0.478 e. The van der Waals surface area contributed by atoms with Crippen molar-refractivity contribution in [3.05, 3.63) is 46.7 Å². The van der Waals surface area contributed by atoms with Gasteiger partial charge in [0.25, 0.3) is 5.91 Å². The van der Waals surface area contributed by atoms with Gasteiger partial charge < -0.3 is 19.3 Å². The Morgan fingerprint density at radius 1 is 1.13 bits per heavy atom. The number of hydrogen-bond donors (Lipinski definition) is 1. The third-order valence-corrected chi connectivity index (χ3v) is 6.73. The quantitative estimate of drug-likeness (QED) is 0.436. The number of carboxylic acid groups (broad SMARTS) is 1. The smallest absolute Gasteiger partial charge is 0.355 e. The number of amides is 1. The Kier molecular flexibility index (Phi) is 6.13. The minimum absolute atomic E-state index is 0.0542. The average molecular weight is 453 g/mol. The van der Waals surface area contributed by atoms with Crippen LogP contribution in [0.4, 0.5) is 0 Å². The number of aromatic carboxylic acids is 1. The van der Waals surface area contributed by atoms with Gasteiger partial charge in [0.15, 0.2) is 21.3 Å². The van der Waals surface area contributed by atoms with E-state index in [-0.39, 0.29) is 23.4 Å². The van der Waals surface area contributed by atoms with E-state index in [1.807, 2.05) is 0 Å². The standard InChI is InChI=1S/C19H19NO10S/c1-10(21)29-8-13-9-31(26,27)17-15(28-2)16(22)20(17)14(13)19(25)30-7-11-3-5-12(6-4-11)18(23)24/h3-6,15,17H,7-9H2,1-2H3,(H,23,24)/t15-,17?/m0/s1. The van der Waals surface area contributed by atoms with Gasteiger partial charge in [0.2, 0.25) is 0 Å². The molecule has 1 N–H and O–H groups in total. The molecule has 2 aliphatic rings.